The van der Waals surface area contributed by atoms with Crippen molar-refractivity contribution in [2.24, 2.45) is 0 Å². The molecule has 1 nitrogen and oxygen atoms in total. The van der Waals surface area contributed by atoms with Crippen LogP contribution in [-0.4, -0.2) is 0 Å². The van der Waals surface area contributed by atoms with Crippen molar-refractivity contribution in [2.45, 2.75) is 69.6 Å². The molecular weight excluding hydrogens is 771 g/mol. The topological polar surface area (TPSA) is 3.24 Å². The fourth-order valence-electron chi connectivity index (χ4n) is 11.2. The van der Waals surface area contributed by atoms with E-state index in [9.17, 15) is 0 Å². The van der Waals surface area contributed by atoms with Crippen LogP contribution in [0.3, 0.4) is 0 Å². The van der Waals surface area contributed by atoms with Gasteiger partial charge in [0.15, 0.2) is 0 Å². The summed E-state index contributed by atoms with van der Waals surface area (Å²) < 4.78 is 0. The minimum absolute atomic E-state index is 0.0666. The SMILES string of the molecule is CC(C)(C)c1ccccc1-c1cc2ccccc2cc1N(c1ccc(-c2ccc(C3CCCCC3)cc2)cc1)c1ccc2c(c1)C(c1ccccc1)(c1ccccc1)c1ccccc1-2. The lowest BCUT2D eigenvalue weighted by atomic mass is 9.67. The highest BCUT2D eigenvalue weighted by molar-refractivity contribution is 6.00. The molecule has 0 heterocycles. The van der Waals surface area contributed by atoms with Crippen molar-refractivity contribution >= 4 is 27.8 Å². The van der Waals surface area contributed by atoms with Crippen LogP contribution in [0.4, 0.5) is 17.1 Å². The first kappa shape index (κ1) is 39.9. The molecule has 9 aromatic carbocycles. The number of benzene rings is 9. The van der Waals surface area contributed by atoms with Crippen LogP contribution in [0.25, 0.3) is 44.2 Å². The molecule has 9 aromatic rings. The van der Waals surface area contributed by atoms with Crippen LogP contribution in [0.5, 0.6) is 0 Å². The second kappa shape index (κ2) is 16.3. The molecule has 0 bridgehead atoms. The maximum atomic E-state index is 2.53. The van der Waals surface area contributed by atoms with E-state index in [1.165, 1.54) is 110 Å². The first-order chi connectivity index (χ1) is 31.4. The van der Waals surface area contributed by atoms with Gasteiger partial charge in [-0.3, -0.25) is 0 Å². The van der Waals surface area contributed by atoms with Gasteiger partial charge in [-0.2, -0.15) is 0 Å². The van der Waals surface area contributed by atoms with E-state index in [0.717, 1.165) is 17.1 Å². The van der Waals surface area contributed by atoms with Crippen molar-refractivity contribution in [1.82, 2.24) is 0 Å². The Kier molecular flexibility index (Phi) is 10.2. The van der Waals surface area contributed by atoms with Crippen LogP contribution >= 0.6 is 0 Å². The Hall–Kier alpha value is -6.96. The van der Waals surface area contributed by atoms with E-state index in [-0.39, 0.29) is 5.41 Å². The highest BCUT2D eigenvalue weighted by atomic mass is 15.1. The zero-order valence-electron chi connectivity index (χ0n) is 37.3. The van der Waals surface area contributed by atoms with Crippen LogP contribution in [-0.2, 0) is 10.8 Å². The lowest BCUT2D eigenvalue weighted by Crippen LogP contribution is -2.28. The standard InChI is InChI=1S/C63H55N/c1-62(2,3)58-29-17-15-28-55(58)57-41-48-21-13-14-22-49(48)42-61(57)64(52-37-35-47(36-38-52)46-33-31-45(32-34-46)44-19-7-4-8-20-44)53-39-40-56-54-27-16-18-30-59(54)63(60(56)43-53,50-23-9-5-10-24-50)51-25-11-6-12-26-51/h5-6,9-18,21-44H,4,7-8,19-20H2,1-3H3. The molecule has 2 aliphatic carbocycles. The summed E-state index contributed by atoms with van der Waals surface area (Å²) in [4.78, 5) is 2.53. The zero-order chi connectivity index (χ0) is 43.3. The van der Waals surface area contributed by atoms with Crippen molar-refractivity contribution in [3.63, 3.8) is 0 Å². The van der Waals surface area contributed by atoms with Gasteiger partial charge in [-0.1, -0.05) is 216 Å². The Balaban J connectivity index is 1.15. The summed E-state index contributed by atoms with van der Waals surface area (Å²) in [7, 11) is 0. The van der Waals surface area contributed by atoms with Gasteiger partial charge in [0, 0.05) is 16.9 Å². The molecule has 0 saturated heterocycles. The van der Waals surface area contributed by atoms with Crippen LogP contribution in [0, 0.1) is 0 Å². The van der Waals surface area contributed by atoms with Crippen LogP contribution in [0.2, 0.25) is 0 Å². The summed E-state index contributed by atoms with van der Waals surface area (Å²) in [5, 5.41) is 2.44. The van der Waals surface area contributed by atoms with Crippen molar-refractivity contribution in [2.75, 3.05) is 4.90 Å². The third kappa shape index (κ3) is 6.86. The average molecular weight is 826 g/mol. The van der Waals surface area contributed by atoms with Gasteiger partial charge in [-0.25, -0.2) is 0 Å². The third-order valence-electron chi connectivity index (χ3n) is 14.3. The molecule has 0 radical (unpaired) electrons. The summed E-state index contributed by atoms with van der Waals surface area (Å²) >= 11 is 0. The van der Waals surface area contributed by atoms with E-state index in [0.29, 0.717) is 5.92 Å². The number of rotatable bonds is 8. The van der Waals surface area contributed by atoms with Gasteiger partial charge in [0.1, 0.15) is 0 Å². The number of hydrogen-bond donors (Lipinski definition) is 0. The molecule has 64 heavy (non-hydrogen) atoms. The highest BCUT2D eigenvalue weighted by Gasteiger charge is 2.46. The number of nitrogens with zero attached hydrogens (tertiary/aromatic N) is 1. The number of anilines is 3. The predicted molar refractivity (Wildman–Crippen MR) is 271 cm³/mol. The van der Waals surface area contributed by atoms with E-state index in [1.807, 2.05) is 0 Å². The van der Waals surface area contributed by atoms with Crippen LogP contribution in [0.15, 0.2) is 212 Å². The molecule has 312 valence electrons. The molecule has 0 aliphatic heterocycles. The second-order valence-corrected chi connectivity index (χ2v) is 19.1. The Morgan fingerprint density at radius 3 is 1.61 bits per heavy atom. The molecule has 0 atom stereocenters. The Morgan fingerprint density at radius 2 is 0.953 bits per heavy atom. The lowest BCUT2D eigenvalue weighted by molar-refractivity contribution is 0.443. The number of hydrogen-bond acceptors (Lipinski definition) is 1. The van der Waals surface area contributed by atoms with Crippen molar-refractivity contribution < 1.29 is 0 Å². The molecular formula is C63H55N. The summed E-state index contributed by atoms with van der Waals surface area (Å²) in [5.74, 6) is 0.695. The molecule has 2 aliphatic rings. The molecule has 0 unspecified atom stereocenters. The lowest BCUT2D eigenvalue weighted by Gasteiger charge is -2.35. The van der Waals surface area contributed by atoms with Gasteiger partial charge in [-0.15, -0.1) is 0 Å². The van der Waals surface area contributed by atoms with Gasteiger partial charge in [0.25, 0.3) is 0 Å². The van der Waals surface area contributed by atoms with Crippen LogP contribution < -0.4 is 4.90 Å². The molecule has 1 fully saturated rings. The number of fused-ring (bicyclic) bond motifs is 4. The van der Waals surface area contributed by atoms with E-state index in [2.05, 4.69) is 238 Å². The highest BCUT2D eigenvalue weighted by Crippen LogP contribution is 2.58. The normalized spacial score (nSPS) is 14.5. The molecule has 1 heteroatoms. The Morgan fingerprint density at radius 1 is 0.422 bits per heavy atom. The fraction of sp³-hybridized carbons (Fsp3) is 0.175. The Labute approximate surface area is 379 Å². The minimum atomic E-state index is -0.519. The molecule has 0 N–H and O–H groups in total. The second-order valence-electron chi connectivity index (χ2n) is 19.1. The van der Waals surface area contributed by atoms with Crippen LogP contribution in [0.1, 0.15) is 92.2 Å². The zero-order valence-corrected chi connectivity index (χ0v) is 37.3. The first-order valence-corrected chi connectivity index (χ1v) is 23.4. The van der Waals surface area contributed by atoms with Crippen molar-refractivity contribution in [1.29, 1.82) is 0 Å². The Bertz CT molecular complexity index is 3050. The van der Waals surface area contributed by atoms with E-state index in [1.54, 1.807) is 0 Å². The van der Waals surface area contributed by atoms with E-state index in [4.69, 9.17) is 0 Å². The maximum absolute atomic E-state index is 2.53. The first-order valence-electron chi connectivity index (χ1n) is 23.4. The summed E-state index contributed by atoms with van der Waals surface area (Å²) in [6.07, 6.45) is 6.70. The molecule has 0 spiro atoms. The monoisotopic (exact) mass is 825 g/mol. The molecule has 1 saturated carbocycles. The third-order valence-corrected chi connectivity index (χ3v) is 14.3. The molecule has 0 amide bonds. The van der Waals surface area contributed by atoms with Gasteiger partial charge < -0.3 is 4.90 Å². The van der Waals surface area contributed by atoms with Gasteiger partial charge in [0.05, 0.1) is 11.1 Å². The summed E-state index contributed by atoms with van der Waals surface area (Å²) in [6, 6.07) is 80.0. The van der Waals surface area contributed by atoms with E-state index >= 15 is 0 Å². The van der Waals surface area contributed by atoms with Gasteiger partial charge >= 0.3 is 0 Å². The largest absolute Gasteiger partial charge is 0.310 e. The van der Waals surface area contributed by atoms with Crippen molar-refractivity contribution in [3.8, 4) is 33.4 Å². The van der Waals surface area contributed by atoms with Gasteiger partial charge in [0.2, 0.25) is 0 Å². The quantitative estimate of drug-likeness (QED) is 0.148. The average Bonchev–Trinajstić information content (AvgIpc) is 3.65. The fourth-order valence-corrected chi connectivity index (χ4v) is 11.2. The van der Waals surface area contributed by atoms with Crippen molar-refractivity contribution in [3.05, 3.63) is 246 Å². The van der Waals surface area contributed by atoms with Gasteiger partial charge in [-0.05, 0) is 133 Å². The molecule has 0 aromatic heterocycles. The maximum Gasteiger partial charge on any atom is 0.0714 e. The molecule has 11 rings (SSSR count). The summed E-state index contributed by atoms with van der Waals surface area (Å²) in [5.41, 5.74) is 18.3. The predicted octanol–water partition coefficient (Wildman–Crippen LogP) is 17.4. The van der Waals surface area contributed by atoms with E-state index < -0.39 is 5.41 Å². The smallest absolute Gasteiger partial charge is 0.0714 e. The summed E-state index contributed by atoms with van der Waals surface area (Å²) in [6.45, 7) is 6.99. The minimum Gasteiger partial charge on any atom is -0.310 e.